The van der Waals surface area contributed by atoms with Crippen molar-refractivity contribution in [3.05, 3.63) is 59.8 Å². The zero-order valence-corrected chi connectivity index (χ0v) is 17.5. The fourth-order valence-corrected chi connectivity index (χ4v) is 4.59. The minimum atomic E-state index is 0.488. The third kappa shape index (κ3) is 2.74. The van der Waals surface area contributed by atoms with E-state index in [1.54, 1.807) is 6.20 Å². The van der Waals surface area contributed by atoms with Crippen LogP contribution in [0.15, 0.2) is 48.7 Å². The van der Waals surface area contributed by atoms with Gasteiger partial charge in [-0.05, 0) is 50.7 Å². The number of pyridine rings is 2. The van der Waals surface area contributed by atoms with Gasteiger partial charge in [0.15, 0.2) is 11.3 Å². The summed E-state index contributed by atoms with van der Waals surface area (Å²) in [5, 5.41) is 10.0. The Kier molecular flexibility index (Phi) is 4.41. The average Bonchev–Trinajstić information content (AvgIpc) is 3.39. The fourth-order valence-electron chi connectivity index (χ4n) is 4.59. The molecule has 0 N–H and O–H groups in total. The van der Waals surface area contributed by atoms with E-state index in [4.69, 9.17) is 4.98 Å². The van der Waals surface area contributed by atoms with Crippen LogP contribution >= 0.6 is 0 Å². The molecule has 5 rings (SSSR count). The number of imidazole rings is 1. The molecular weight excluding hydrogens is 372 g/mol. The quantitative estimate of drug-likeness (QED) is 0.526. The lowest BCUT2D eigenvalue weighted by Gasteiger charge is -2.27. The van der Waals surface area contributed by atoms with Gasteiger partial charge in [-0.2, -0.15) is 5.26 Å². The van der Waals surface area contributed by atoms with Crippen LogP contribution in [0.5, 0.6) is 0 Å². The number of anilines is 1. The first-order chi connectivity index (χ1) is 14.6. The molecule has 0 aliphatic carbocycles. The van der Waals surface area contributed by atoms with Crippen molar-refractivity contribution in [2.75, 3.05) is 32.1 Å². The Hall–Kier alpha value is -3.43. The number of likely N-dealkylation sites (N-methyl/N-ethyl adjacent to an activating group) is 1. The number of nitrogens with zero attached hydrogens (tertiary/aromatic N) is 6. The Bertz CT molecular complexity index is 1280. The van der Waals surface area contributed by atoms with Gasteiger partial charge in [0.2, 0.25) is 0 Å². The third-order valence-electron chi connectivity index (χ3n) is 6.19. The predicted molar refractivity (Wildman–Crippen MR) is 120 cm³/mol. The maximum absolute atomic E-state index is 10.0. The first kappa shape index (κ1) is 18.6. The molecule has 1 aliphatic rings. The van der Waals surface area contributed by atoms with Crippen LogP contribution in [0, 0.1) is 18.3 Å². The molecule has 0 saturated carbocycles. The van der Waals surface area contributed by atoms with Gasteiger partial charge in [0.25, 0.3) is 0 Å². The summed E-state index contributed by atoms with van der Waals surface area (Å²) in [6.07, 6.45) is 2.89. The number of aromatic nitrogens is 3. The van der Waals surface area contributed by atoms with Gasteiger partial charge in [-0.15, -0.1) is 0 Å². The molecule has 150 valence electrons. The Balaban J connectivity index is 1.91. The van der Waals surface area contributed by atoms with Gasteiger partial charge in [-0.25, -0.2) is 9.97 Å². The summed E-state index contributed by atoms with van der Waals surface area (Å²) in [5.74, 6) is 1.08. The Morgan fingerprint density at radius 1 is 1.10 bits per heavy atom. The molecule has 3 aromatic heterocycles. The van der Waals surface area contributed by atoms with Gasteiger partial charge in [0.1, 0.15) is 17.4 Å². The highest BCUT2D eigenvalue weighted by atomic mass is 15.3. The number of rotatable bonds is 3. The SMILES string of the molecule is Cc1c(-c2ccccc2)c(N2CC[C@H](N(C)C)C2)n2c(nc3cccnc32)c1C#N. The van der Waals surface area contributed by atoms with Gasteiger partial charge >= 0.3 is 0 Å². The maximum Gasteiger partial charge on any atom is 0.166 e. The summed E-state index contributed by atoms with van der Waals surface area (Å²) < 4.78 is 2.10. The molecule has 4 heterocycles. The van der Waals surface area contributed by atoms with Crippen LogP contribution in [0.2, 0.25) is 0 Å². The van der Waals surface area contributed by atoms with Gasteiger partial charge in [-0.3, -0.25) is 4.40 Å². The molecule has 6 nitrogen and oxygen atoms in total. The molecule has 0 unspecified atom stereocenters. The number of hydrogen-bond donors (Lipinski definition) is 0. The zero-order chi connectivity index (χ0) is 20.8. The van der Waals surface area contributed by atoms with E-state index in [2.05, 4.69) is 51.5 Å². The monoisotopic (exact) mass is 396 g/mol. The molecule has 1 aromatic carbocycles. The van der Waals surface area contributed by atoms with E-state index >= 15 is 0 Å². The Morgan fingerprint density at radius 2 is 1.90 bits per heavy atom. The van der Waals surface area contributed by atoms with Crippen molar-refractivity contribution in [1.29, 1.82) is 5.26 Å². The van der Waals surface area contributed by atoms with Crippen molar-refractivity contribution >= 4 is 22.6 Å². The number of nitriles is 1. The third-order valence-corrected chi connectivity index (χ3v) is 6.19. The highest BCUT2D eigenvalue weighted by Gasteiger charge is 2.31. The molecule has 0 spiro atoms. The van der Waals surface area contributed by atoms with Crippen LogP contribution in [0.1, 0.15) is 17.5 Å². The van der Waals surface area contributed by atoms with E-state index in [9.17, 15) is 5.26 Å². The number of hydrogen-bond acceptors (Lipinski definition) is 5. The molecular formula is C24H24N6. The standard InChI is InChI=1S/C24H24N6/c1-16-19(14-25)22-27-20-10-7-12-26-23(20)30(22)24(21(16)17-8-5-4-6-9-17)29-13-11-18(15-29)28(2)3/h4-10,12,18H,11,13,15H2,1-3H3/t18-/m0/s1. The second-order valence-electron chi connectivity index (χ2n) is 8.15. The maximum atomic E-state index is 10.0. The van der Waals surface area contributed by atoms with E-state index in [0.29, 0.717) is 17.3 Å². The molecule has 1 aliphatic heterocycles. The van der Waals surface area contributed by atoms with E-state index in [1.165, 1.54) is 0 Å². The van der Waals surface area contributed by atoms with Gasteiger partial charge in [0, 0.05) is 30.9 Å². The number of fused-ring (bicyclic) bond motifs is 3. The molecule has 1 atom stereocenters. The summed E-state index contributed by atoms with van der Waals surface area (Å²) in [7, 11) is 4.28. The second-order valence-corrected chi connectivity index (χ2v) is 8.15. The van der Waals surface area contributed by atoms with Gasteiger partial charge < -0.3 is 9.80 Å². The molecule has 30 heavy (non-hydrogen) atoms. The topological polar surface area (TPSA) is 60.5 Å². The summed E-state index contributed by atoms with van der Waals surface area (Å²) in [6.45, 7) is 3.92. The molecule has 0 amide bonds. The van der Waals surface area contributed by atoms with E-state index in [0.717, 1.165) is 53.2 Å². The Morgan fingerprint density at radius 3 is 2.60 bits per heavy atom. The second kappa shape index (κ2) is 7.12. The lowest BCUT2D eigenvalue weighted by atomic mass is 9.97. The van der Waals surface area contributed by atoms with E-state index < -0.39 is 0 Å². The molecule has 1 saturated heterocycles. The zero-order valence-electron chi connectivity index (χ0n) is 17.5. The van der Waals surface area contributed by atoms with E-state index in [-0.39, 0.29) is 0 Å². The van der Waals surface area contributed by atoms with Gasteiger partial charge in [-0.1, -0.05) is 30.3 Å². The van der Waals surface area contributed by atoms with Crippen LogP contribution in [0.3, 0.4) is 0 Å². The molecule has 4 aromatic rings. The van der Waals surface area contributed by atoms with Crippen molar-refractivity contribution in [3.63, 3.8) is 0 Å². The lowest BCUT2D eigenvalue weighted by Crippen LogP contribution is -2.32. The minimum absolute atomic E-state index is 0.488. The van der Waals surface area contributed by atoms with Crippen molar-refractivity contribution in [3.8, 4) is 17.2 Å². The van der Waals surface area contributed by atoms with Crippen LogP contribution in [0.4, 0.5) is 5.82 Å². The van der Waals surface area contributed by atoms with Crippen molar-refractivity contribution in [2.24, 2.45) is 0 Å². The first-order valence-corrected chi connectivity index (χ1v) is 10.3. The largest absolute Gasteiger partial charge is 0.355 e. The Labute approximate surface area is 176 Å². The molecule has 6 heteroatoms. The number of benzene rings is 1. The lowest BCUT2D eigenvalue weighted by molar-refractivity contribution is 0.315. The van der Waals surface area contributed by atoms with Crippen LogP contribution < -0.4 is 4.90 Å². The van der Waals surface area contributed by atoms with Crippen molar-refractivity contribution in [2.45, 2.75) is 19.4 Å². The highest BCUT2D eigenvalue weighted by molar-refractivity contribution is 5.91. The van der Waals surface area contributed by atoms with Gasteiger partial charge in [0.05, 0.1) is 5.56 Å². The molecule has 0 radical (unpaired) electrons. The molecule has 1 fully saturated rings. The van der Waals surface area contributed by atoms with Crippen LogP contribution in [-0.4, -0.2) is 52.5 Å². The van der Waals surface area contributed by atoms with Crippen LogP contribution in [-0.2, 0) is 0 Å². The highest BCUT2D eigenvalue weighted by Crippen LogP contribution is 2.40. The fraction of sp³-hybridized carbons (Fsp3) is 0.292. The summed E-state index contributed by atoms with van der Waals surface area (Å²) >= 11 is 0. The smallest absolute Gasteiger partial charge is 0.166 e. The van der Waals surface area contributed by atoms with Crippen LogP contribution in [0.25, 0.3) is 27.9 Å². The summed E-state index contributed by atoms with van der Waals surface area (Å²) in [4.78, 5) is 14.2. The average molecular weight is 396 g/mol. The first-order valence-electron chi connectivity index (χ1n) is 10.3. The normalized spacial score (nSPS) is 16.6. The van der Waals surface area contributed by atoms with E-state index in [1.807, 2.05) is 37.3 Å². The van der Waals surface area contributed by atoms with Crippen molar-refractivity contribution in [1.82, 2.24) is 19.3 Å². The summed E-state index contributed by atoms with van der Waals surface area (Å²) in [5.41, 5.74) is 6.06. The summed E-state index contributed by atoms with van der Waals surface area (Å²) in [6, 6.07) is 17.1. The van der Waals surface area contributed by atoms with Crippen molar-refractivity contribution < 1.29 is 0 Å². The predicted octanol–water partition coefficient (Wildman–Crippen LogP) is 3.87. The molecule has 0 bridgehead atoms. The minimum Gasteiger partial charge on any atom is -0.355 e.